The average molecular weight is 305 g/mol. The highest BCUT2D eigenvalue weighted by atomic mass is 35.5. The molecule has 112 valence electrons. The third-order valence-electron chi connectivity index (χ3n) is 3.55. The Bertz CT molecular complexity index is 541. The van der Waals surface area contributed by atoms with E-state index in [0.29, 0.717) is 12.6 Å². The fraction of sp³-hybridized carbons (Fsp3) is 0.294. The van der Waals surface area contributed by atoms with Crippen LogP contribution in [0, 0.1) is 0 Å². The van der Waals surface area contributed by atoms with Crippen molar-refractivity contribution in [2.24, 2.45) is 0 Å². The number of benzene rings is 2. The Labute approximate surface area is 132 Å². The van der Waals surface area contributed by atoms with Crippen molar-refractivity contribution in [2.75, 3.05) is 19.6 Å². The van der Waals surface area contributed by atoms with Crippen LogP contribution in [-0.2, 0) is 6.61 Å². The maximum atomic E-state index is 5.88. The molecule has 4 heteroatoms. The van der Waals surface area contributed by atoms with E-state index in [1.165, 1.54) is 11.1 Å². The van der Waals surface area contributed by atoms with Gasteiger partial charge in [-0.25, -0.2) is 0 Å². The fourth-order valence-corrected chi connectivity index (χ4v) is 2.45. The summed E-state index contributed by atoms with van der Waals surface area (Å²) >= 11 is 0. The van der Waals surface area contributed by atoms with E-state index in [1.54, 1.807) is 0 Å². The van der Waals surface area contributed by atoms with Gasteiger partial charge < -0.3 is 15.4 Å². The topological polar surface area (TPSA) is 33.3 Å². The average Bonchev–Trinajstić information content (AvgIpc) is 2.55. The van der Waals surface area contributed by atoms with Gasteiger partial charge in [0.1, 0.15) is 12.4 Å². The van der Waals surface area contributed by atoms with Crippen LogP contribution >= 0.6 is 12.4 Å². The smallest absolute Gasteiger partial charge is 0.120 e. The third-order valence-corrected chi connectivity index (χ3v) is 3.55. The molecule has 1 aliphatic heterocycles. The number of halogens is 1. The molecule has 0 unspecified atom stereocenters. The second-order valence-electron chi connectivity index (χ2n) is 5.06. The quantitative estimate of drug-likeness (QED) is 0.911. The molecule has 0 aliphatic carbocycles. The summed E-state index contributed by atoms with van der Waals surface area (Å²) < 4.78 is 5.88. The Morgan fingerprint density at radius 2 is 1.86 bits per heavy atom. The van der Waals surface area contributed by atoms with E-state index in [1.807, 2.05) is 24.3 Å². The van der Waals surface area contributed by atoms with Gasteiger partial charge in [0.15, 0.2) is 0 Å². The highest BCUT2D eigenvalue weighted by molar-refractivity contribution is 5.85. The Kier molecular flexibility index (Phi) is 6.05. The molecular formula is C17H21ClN2O. The zero-order valence-corrected chi connectivity index (χ0v) is 12.7. The SMILES string of the molecule is Cl.c1ccc(COc2cccc([C@H]3CNCCN3)c2)cc1. The maximum Gasteiger partial charge on any atom is 0.120 e. The Hall–Kier alpha value is -1.55. The minimum Gasteiger partial charge on any atom is -0.489 e. The van der Waals surface area contributed by atoms with Gasteiger partial charge in [-0.2, -0.15) is 0 Å². The van der Waals surface area contributed by atoms with Crippen molar-refractivity contribution < 1.29 is 4.74 Å². The van der Waals surface area contributed by atoms with Crippen molar-refractivity contribution in [1.82, 2.24) is 10.6 Å². The van der Waals surface area contributed by atoms with E-state index in [0.717, 1.165) is 25.4 Å². The predicted octanol–water partition coefficient (Wildman–Crippen LogP) is 2.92. The Morgan fingerprint density at radius 3 is 2.62 bits per heavy atom. The highest BCUT2D eigenvalue weighted by Crippen LogP contribution is 2.20. The first-order valence-electron chi connectivity index (χ1n) is 7.12. The summed E-state index contributed by atoms with van der Waals surface area (Å²) in [6.45, 7) is 3.64. The van der Waals surface area contributed by atoms with E-state index in [-0.39, 0.29) is 12.4 Å². The molecule has 0 bridgehead atoms. The second-order valence-corrected chi connectivity index (χ2v) is 5.06. The van der Waals surface area contributed by atoms with Crippen LogP contribution in [0.4, 0.5) is 0 Å². The van der Waals surface area contributed by atoms with Crippen LogP contribution in [0.15, 0.2) is 54.6 Å². The van der Waals surface area contributed by atoms with Crippen molar-refractivity contribution in [3.05, 3.63) is 65.7 Å². The van der Waals surface area contributed by atoms with Gasteiger partial charge in [0.2, 0.25) is 0 Å². The first-order valence-corrected chi connectivity index (χ1v) is 7.12. The fourth-order valence-electron chi connectivity index (χ4n) is 2.45. The molecule has 0 aromatic heterocycles. The van der Waals surface area contributed by atoms with E-state index in [9.17, 15) is 0 Å². The van der Waals surface area contributed by atoms with Crippen LogP contribution in [-0.4, -0.2) is 19.6 Å². The van der Waals surface area contributed by atoms with Crippen molar-refractivity contribution >= 4 is 12.4 Å². The summed E-state index contributed by atoms with van der Waals surface area (Å²) in [6, 6.07) is 19.0. The first-order chi connectivity index (χ1) is 9.92. The lowest BCUT2D eigenvalue weighted by atomic mass is 10.1. The van der Waals surface area contributed by atoms with Crippen LogP contribution in [0.3, 0.4) is 0 Å². The number of ether oxygens (including phenoxy) is 1. The summed E-state index contributed by atoms with van der Waals surface area (Å²) in [6.07, 6.45) is 0. The minimum atomic E-state index is 0. The predicted molar refractivity (Wildman–Crippen MR) is 88.1 cm³/mol. The van der Waals surface area contributed by atoms with Gasteiger partial charge in [0.25, 0.3) is 0 Å². The molecule has 2 aromatic carbocycles. The molecule has 1 fully saturated rings. The number of piperazine rings is 1. The Morgan fingerprint density at radius 1 is 1.00 bits per heavy atom. The minimum absolute atomic E-state index is 0. The lowest BCUT2D eigenvalue weighted by molar-refractivity contribution is 0.305. The van der Waals surface area contributed by atoms with Crippen molar-refractivity contribution in [3.8, 4) is 5.75 Å². The monoisotopic (exact) mass is 304 g/mol. The van der Waals surface area contributed by atoms with Crippen molar-refractivity contribution in [3.63, 3.8) is 0 Å². The molecule has 3 nitrogen and oxygen atoms in total. The molecule has 1 heterocycles. The maximum absolute atomic E-state index is 5.88. The summed E-state index contributed by atoms with van der Waals surface area (Å²) in [4.78, 5) is 0. The molecule has 2 N–H and O–H groups in total. The molecule has 3 rings (SSSR count). The molecular weight excluding hydrogens is 284 g/mol. The number of rotatable bonds is 4. The van der Waals surface area contributed by atoms with Gasteiger partial charge in [0.05, 0.1) is 0 Å². The Balaban J connectivity index is 0.00000161. The zero-order valence-electron chi connectivity index (χ0n) is 11.9. The van der Waals surface area contributed by atoms with Crippen LogP contribution in [0.1, 0.15) is 17.2 Å². The van der Waals surface area contributed by atoms with Crippen LogP contribution < -0.4 is 15.4 Å². The summed E-state index contributed by atoms with van der Waals surface area (Å²) in [5, 5.41) is 6.93. The van der Waals surface area contributed by atoms with Crippen molar-refractivity contribution in [2.45, 2.75) is 12.6 Å². The van der Waals surface area contributed by atoms with E-state index in [4.69, 9.17) is 4.74 Å². The van der Waals surface area contributed by atoms with Crippen LogP contribution in [0.2, 0.25) is 0 Å². The molecule has 0 saturated carbocycles. The van der Waals surface area contributed by atoms with Gasteiger partial charge in [-0.3, -0.25) is 0 Å². The third kappa shape index (κ3) is 4.46. The molecule has 0 amide bonds. The molecule has 2 aromatic rings. The summed E-state index contributed by atoms with van der Waals surface area (Å²) in [5.41, 5.74) is 2.47. The first kappa shape index (κ1) is 15.8. The van der Waals surface area contributed by atoms with Gasteiger partial charge in [0, 0.05) is 25.7 Å². The molecule has 1 saturated heterocycles. The largest absolute Gasteiger partial charge is 0.489 e. The van der Waals surface area contributed by atoms with Gasteiger partial charge in [-0.05, 0) is 23.3 Å². The molecule has 0 radical (unpaired) electrons. The molecule has 0 spiro atoms. The van der Waals surface area contributed by atoms with Gasteiger partial charge in [-0.1, -0.05) is 42.5 Å². The molecule has 21 heavy (non-hydrogen) atoms. The zero-order chi connectivity index (χ0) is 13.6. The van der Waals surface area contributed by atoms with Gasteiger partial charge in [-0.15, -0.1) is 12.4 Å². The van der Waals surface area contributed by atoms with Crippen LogP contribution in [0.25, 0.3) is 0 Å². The highest BCUT2D eigenvalue weighted by Gasteiger charge is 2.14. The number of nitrogens with one attached hydrogen (secondary N) is 2. The summed E-state index contributed by atoms with van der Waals surface area (Å²) in [5.74, 6) is 0.929. The normalized spacial score (nSPS) is 17.8. The van der Waals surface area contributed by atoms with Crippen LogP contribution in [0.5, 0.6) is 5.75 Å². The number of hydrogen-bond donors (Lipinski definition) is 2. The number of hydrogen-bond acceptors (Lipinski definition) is 3. The second kappa shape index (κ2) is 8.03. The van der Waals surface area contributed by atoms with Crippen molar-refractivity contribution in [1.29, 1.82) is 0 Å². The standard InChI is InChI=1S/C17H20N2O.ClH/c1-2-5-14(6-3-1)13-20-16-8-4-7-15(11-16)17-12-18-9-10-19-17;/h1-8,11,17-19H,9-10,12-13H2;1H/t17-;/m1./s1. The lowest BCUT2D eigenvalue weighted by Gasteiger charge is -2.25. The van der Waals surface area contributed by atoms with Gasteiger partial charge >= 0.3 is 0 Å². The van der Waals surface area contributed by atoms with E-state index >= 15 is 0 Å². The molecule has 1 aliphatic rings. The van der Waals surface area contributed by atoms with E-state index in [2.05, 4.69) is 41.0 Å². The lowest BCUT2D eigenvalue weighted by Crippen LogP contribution is -2.42. The molecule has 1 atom stereocenters. The van der Waals surface area contributed by atoms with E-state index < -0.39 is 0 Å². The summed E-state index contributed by atoms with van der Waals surface area (Å²) in [7, 11) is 0.